The van der Waals surface area contributed by atoms with Gasteiger partial charge in [-0.2, -0.15) is 0 Å². The summed E-state index contributed by atoms with van der Waals surface area (Å²) >= 11 is 0. The molecule has 0 spiro atoms. The summed E-state index contributed by atoms with van der Waals surface area (Å²) in [6.07, 6.45) is 1.05. The standard InChI is InChI=1S/C16H24N2O3/c1-12(19)18-9-6-13-11-14(3-4-15(13)18)16(20)5-7-17-8-10-21-2/h3-4,11,16-17,20H,5-10H2,1-2H3. The average molecular weight is 292 g/mol. The lowest BCUT2D eigenvalue weighted by molar-refractivity contribution is -0.116. The molecule has 0 aliphatic carbocycles. The third-order valence-electron chi connectivity index (χ3n) is 3.84. The number of hydrogen-bond donors (Lipinski definition) is 2. The van der Waals surface area contributed by atoms with Crippen LogP contribution in [0.1, 0.15) is 30.6 Å². The first-order chi connectivity index (χ1) is 10.1. The number of rotatable bonds is 7. The first-order valence-electron chi connectivity index (χ1n) is 7.42. The maximum absolute atomic E-state index is 11.5. The summed E-state index contributed by atoms with van der Waals surface area (Å²) in [7, 11) is 1.67. The van der Waals surface area contributed by atoms with Crippen LogP contribution in [-0.2, 0) is 16.0 Å². The highest BCUT2D eigenvalue weighted by Gasteiger charge is 2.23. The Hall–Kier alpha value is -1.43. The number of nitrogens with one attached hydrogen (secondary N) is 1. The number of methoxy groups -OCH3 is 1. The van der Waals surface area contributed by atoms with Crippen molar-refractivity contribution in [1.29, 1.82) is 0 Å². The van der Waals surface area contributed by atoms with Crippen molar-refractivity contribution in [3.63, 3.8) is 0 Å². The molecule has 0 aromatic heterocycles. The van der Waals surface area contributed by atoms with Crippen LogP contribution in [0.2, 0.25) is 0 Å². The van der Waals surface area contributed by atoms with Crippen LogP contribution in [0, 0.1) is 0 Å². The normalized spacial score (nSPS) is 15.1. The summed E-state index contributed by atoms with van der Waals surface area (Å²) in [4.78, 5) is 13.3. The minimum Gasteiger partial charge on any atom is -0.388 e. The van der Waals surface area contributed by atoms with E-state index in [1.165, 1.54) is 0 Å². The van der Waals surface area contributed by atoms with Crippen molar-refractivity contribution in [2.45, 2.75) is 25.9 Å². The Morgan fingerprint density at radius 3 is 3.00 bits per heavy atom. The summed E-state index contributed by atoms with van der Waals surface area (Å²) in [6, 6.07) is 5.89. The summed E-state index contributed by atoms with van der Waals surface area (Å²) in [5.41, 5.74) is 3.05. The van der Waals surface area contributed by atoms with Gasteiger partial charge in [-0.05, 0) is 36.6 Å². The van der Waals surface area contributed by atoms with Crippen LogP contribution >= 0.6 is 0 Å². The van der Waals surface area contributed by atoms with Gasteiger partial charge < -0.3 is 20.1 Å². The number of ether oxygens (including phenoxy) is 1. The van der Waals surface area contributed by atoms with Gasteiger partial charge in [0.1, 0.15) is 0 Å². The minimum atomic E-state index is -0.475. The molecule has 1 aliphatic rings. The average Bonchev–Trinajstić information content (AvgIpc) is 2.90. The van der Waals surface area contributed by atoms with Gasteiger partial charge in [0.15, 0.2) is 0 Å². The van der Waals surface area contributed by atoms with Gasteiger partial charge in [-0.25, -0.2) is 0 Å². The molecule has 1 unspecified atom stereocenters. The Kier molecular flexibility index (Phi) is 5.73. The van der Waals surface area contributed by atoms with E-state index in [0.717, 1.165) is 42.9 Å². The van der Waals surface area contributed by atoms with E-state index in [1.807, 2.05) is 18.2 Å². The fourth-order valence-corrected chi connectivity index (χ4v) is 2.66. The van der Waals surface area contributed by atoms with E-state index in [2.05, 4.69) is 5.32 Å². The maximum atomic E-state index is 11.5. The number of amides is 1. The van der Waals surface area contributed by atoms with Gasteiger partial charge in [-0.3, -0.25) is 4.79 Å². The first kappa shape index (κ1) is 15.9. The second kappa shape index (κ2) is 7.54. The fraction of sp³-hybridized carbons (Fsp3) is 0.562. The topological polar surface area (TPSA) is 61.8 Å². The molecule has 1 aliphatic heterocycles. The molecule has 21 heavy (non-hydrogen) atoms. The Balaban J connectivity index is 1.91. The molecule has 5 heteroatoms. The molecule has 1 amide bonds. The number of anilines is 1. The summed E-state index contributed by atoms with van der Waals surface area (Å²) in [6.45, 7) is 4.55. The molecule has 1 atom stereocenters. The molecule has 1 heterocycles. The van der Waals surface area contributed by atoms with Crippen molar-refractivity contribution in [1.82, 2.24) is 5.32 Å². The van der Waals surface area contributed by atoms with Gasteiger partial charge in [-0.1, -0.05) is 12.1 Å². The van der Waals surface area contributed by atoms with Crippen LogP contribution in [0.4, 0.5) is 5.69 Å². The van der Waals surface area contributed by atoms with Gasteiger partial charge in [0, 0.05) is 32.8 Å². The molecular formula is C16H24N2O3. The smallest absolute Gasteiger partial charge is 0.223 e. The van der Waals surface area contributed by atoms with E-state index in [-0.39, 0.29) is 5.91 Å². The van der Waals surface area contributed by atoms with Crippen LogP contribution in [0.25, 0.3) is 0 Å². The summed E-state index contributed by atoms with van der Waals surface area (Å²) < 4.78 is 4.96. The van der Waals surface area contributed by atoms with Crippen LogP contribution in [0.15, 0.2) is 18.2 Å². The molecule has 5 nitrogen and oxygen atoms in total. The van der Waals surface area contributed by atoms with Crippen LogP contribution < -0.4 is 10.2 Å². The molecule has 1 aromatic rings. The second-order valence-corrected chi connectivity index (χ2v) is 5.36. The molecule has 0 bridgehead atoms. The molecular weight excluding hydrogens is 268 g/mol. The summed E-state index contributed by atoms with van der Waals surface area (Å²) in [5.74, 6) is 0.0735. The molecule has 0 radical (unpaired) electrons. The monoisotopic (exact) mass is 292 g/mol. The highest BCUT2D eigenvalue weighted by atomic mass is 16.5. The Morgan fingerprint density at radius 1 is 1.48 bits per heavy atom. The molecule has 2 N–H and O–H groups in total. The van der Waals surface area contributed by atoms with Gasteiger partial charge >= 0.3 is 0 Å². The highest BCUT2D eigenvalue weighted by molar-refractivity contribution is 5.93. The van der Waals surface area contributed by atoms with Crippen molar-refractivity contribution in [2.24, 2.45) is 0 Å². The maximum Gasteiger partial charge on any atom is 0.223 e. The lowest BCUT2D eigenvalue weighted by Gasteiger charge is -2.16. The van der Waals surface area contributed by atoms with Gasteiger partial charge in [0.25, 0.3) is 0 Å². The van der Waals surface area contributed by atoms with E-state index in [9.17, 15) is 9.90 Å². The number of aliphatic hydroxyl groups excluding tert-OH is 1. The Labute approximate surface area is 125 Å². The third-order valence-corrected chi connectivity index (χ3v) is 3.84. The first-order valence-corrected chi connectivity index (χ1v) is 7.42. The van der Waals surface area contributed by atoms with E-state index in [0.29, 0.717) is 13.0 Å². The van der Waals surface area contributed by atoms with Crippen molar-refractivity contribution >= 4 is 11.6 Å². The molecule has 0 fully saturated rings. The van der Waals surface area contributed by atoms with Crippen molar-refractivity contribution in [2.75, 3.05) is 38.3 Å². The second-order valence-electron chi connectivity index (χ2n) is 5.36. The molecule has 0 saturated heterocycles. The van der Waals surface area contributed by atoms with E-state index < -0.39 is 6.10 Å². The number of benzene rings is 1. The van der Waals surface area contributed by atoms with Crippen molar-refractivity contribution < 1.29 is 14.6 Å². The number of nitrogens with zero attached hydrogens (tertiary/aromatic N) is 1. The quantitative estimate of drug-likeness (QED) is 0.743. The zero-order chi connectivity index (χ0) is 15.2. The van der Waals surface area contributed by atoms with E-state index in [4.69, 9.17) is 4.74 Å². The Morgan fingerprint density at radius 2 is 2.29 bits per heavy atom. The summed E-state index contributed by atoms with van der Waals surface area (Å²) in [5, 5.41) is 13.5. The molecule has 2 rings (SSSR count). The number of hydrogen-bond acceptors (Lipinski definition) is 4. The SMILES string of the molecule is COCCNCCC(O)c1ccc2c(c1)CCN2C(C)=O. The van der Waals surface area contributed by atoms with Gasteiger partial charge in [-0.15, -0.1) is 0 Å². The number of fused-ring (bicyclic) bond motifs is 1. The third kappa shape index (κ3) is 4.03. The minimum absolute atomic E-state index is 0.0735. The van der Waals surface area contributed by atoms with Crippen LogP contribution in [0.5, 0.6) is 0 Å². The van der Waals surface area contributed by atoms with Crippen LogP contribution in [-0.4, -0.2) is 44.4 Å². The zero-order valence-electron chi connectivity index (χ0n) is 12.8. The fourth-order valence-electron chi connectivity index (χ4n) is 2.66. The lowest BCUT2D eigenvalue weighted by atomic mass is 10.0. The van der Waals surface area contributed by atoms with Gasteiger partial charge in [0.2, 0.25) is 5.91 Å². The zero-order valence-corrected chi connectivity index (χ0v) is 12.8. The number of carbonyl (C=O) groups is 1. The van der Waals surface area contributed by atoms with Crippen molar-refractivity contribution in [3.8, 4) is 0 Å². The molecule has 1 aromatic carbocycles. The number of carbonyl (C=O) groups excluding carboxylic acids is 1. The molecule has 116 valence electrons. The molecule has 0 saturated carbocycles. The predicted molar refractivity (Wildman–Crippen MR) is 82.5 cm³/mol. The Bertz CT molecular complexity index is 490. The van der Waals surface area contributed by atoms with Gasteiger partial charge in [0.05, 0.1) is 12.7 Å². The predicted octanol–water partition coefficient (Wildman–Crippen LogP) is 1.26. The van der Waals surface area contributed by atoms with E-state index >= 15 is 0 Å². The number of aliphatic hydroxyl groups is 1. The van der Waals surface area contributed by atoms with Crippen LogP contribution in [0.3, 0.4) is 0 Å². The lowest BCUT2D eigenvalue weighted by Crippen LogP contribution is -2.25. The van der Waals surface area contributed by atoms with E-state index in [1.54, 1.807) is 18.9 Å². The van der Waals surface area contributed by atoms with Crippen molar-refractivity contribution in [3.05, 3.63) is 29.3 Å². The largest absolute Gasteiger partial charge is 0.388 e. The highest BCUT2D eigenvalue weighted by Crippen LogP contribution is 2.31.